The van der Waals surface area contributed by atoms with Gasteiger partial charge < -0.3 is 10.4 Å². The van der Waals surface area contributed by atoms with Gasteiger partial charge in [-0.3, -0.25) is 0 Å². The standard InChI is InChI=1S/C14H16FN3O/c1-8(2)12-7-13(16-3)18-14(17-12)9-4-10(15)6-11(19)5-9/h4-8,19H,1-3H3,(H,16,17,18). The highest BCUT2D eigenvalue weighted by atomic mass is 19.1. The van der Waals surface area contributed by atoms with Gasteiger partial charge in [-0.25, -0.2) is 14.4 Å². The van der Waals surface area contributed by atoms with Gasteiger partial charge in [-0.1, -0.05) is 13.8 Å². The third kappa shape index (κ3) is 2.99. The number of anilines is 1. The zero-order valence-electron chi connectivity index (χ0n) is 11.1. The highest BCUT2D eigenvalue weighted by Gasteiger charge is 2.10. The van der Waals surface area contributed by atoms with Crippen LogP contribution in [-0.2, 0) is 0 Å². The molecule has 0 saturated carbocycles. The fourth-order valence-electron chi connectivity index (χ4n) is 1.72. The minimum atomic E-state index is -0.514. The quantitative estimate of drug-likeness (QED) is 0.891. The molecule has 5 heteroatoms. The smallest absolute Gasteiger partial charge is 0.162 e. The van der Waals surface area contributed by atoms with Crippen molar-refractivity contribution in [2.24, 2.45) is 0 Å². The zero-order chi connectivity index (χ0) is 14.0. The van der Waals surface area contributed by atoms with Gasteiger partial charge in [0.25, 0.3) is 0 Å². The summed E-state index contributed by atoms with van der Waals surface area (Å²) >= 11 is 0. The van der Waals surface area contributed by atoms with E-state index in [2.05, 4.69) is 15.3 Å². The lowest BCUT2D eigenvalue weighted by molar-refractivity contribution is 0.469. The number of benzene rings is 1. The van der Waals surface area contributed by atoms with Crippen LogP contribution in [0.5, 0.6) is 5.75 Å². The van der Waals surface area contributed by atoms with E-state index in [-0.39, 0.29) is 11.7 Å². The number of hydrogen-bond acceptors (Lipinski definition) is 4. The first-order valence-electron chi connectivity index (χ1n) is 6.06. The second-order valence-corrected chi connectivity index (χ2v) is 4.60. The monoisotopic (exact) mass is 261 g/mol. The Kier molecular flexibility index (Phi) is 3.64. The predicted octanol–water partition coefficient (Wildman–Crippen LogP) is 3.15. The third-order valence-electron chi connectivity index (χ3n) is 2.73. The number of hydrogen-bond donors (Lipinski definition) is 2. The Balaban J connectivity index is 2.57. The number of phenolic OH excluding ortho intramolecular Hbond substituents is 1. The highest BCUT2D eigenvalue weighted by molar-refractivity contribution is 5.60. The van der Waals surface area contributed by atoms with Crippen LogP contribution in [0.15, 0.2) is 24.3 Å². The number of phenols is 1. The van der Waals surface area contributed by atoms with E-state index in [1.807, 2.05) is 19.9 Å². The number of rotatable bonds is 3. The summed E-state index contributed by atoms with van der Waals surface area (Å²) in [5.41, 5.74) is 1.31. The Hall–Kier alpha value is -2.17. The van der Waals surface area contributed by atoms with Crippen LogP contribution in [0.4, 0.5) is 10.2 Å². The molecule has 0 aliphatic heterocycles. The van der Waals surface area contributed by atoms with Crippen LogP contribution in [0.1, 0.15) is 25.5 Å². The molecule has 1 heterocycles. The molecule has 2 N–H and O–H groups in total. The predicted molar refractivity (Wildman–Crippen MR) is 72.7 cm³/mol. The Morgan fingerprint density at radius 1 is 1.16 bits per heavy atom. The number of halogens is 1. The van der Waals surface area contributed by atoms with E-state index < -0.39 is 5.82 Å². The molecule has 0 saturated heterocycles. The van der Waals surface area contributed by atoms with E-state index in [0.29, 0.717) is 17.2 Å². The van der Waals surface area contributed by atoms with E-state index in [1.54, 1.807) is 7.05 Å². The molecule has 4 nitrogen and oxygen atoms in total. The lowest BCUT2D eigenvalue weighted by Crippen LogP contribution is -2.02. The number of aromatic nitrogens is 2. The fourth-order valence-corrected chi connectivity index (χ4v) is 1.72. The largest absolute Gasteiger partial charge is 0.508 e. The molecule has 0 fully saturated rings. The molecule has 0 aliphatic carbocycles. The summed E-state index contributed by atoms with van der Waals surface area (Å²) in [5.74, 6) is 0.637. The van der Waals surface area contributed by atoms with Crippen LogP contribution in [0.2, 0.25) is 0 Å². The molecule has 19 heavy (non-hydrogen) atoms. The number of aromatic hydroxyl groups is 1. The van der Waals surface area contributed by atoms with Crippen molar-refractivity contribution in [1.29, 1.82) is 0 Å². The minimum Gasteiger partial charge on any atom is -0.508 e. The van der Waals surface area contributed by atoms with Crippen molar-refractivity contribution in [1.82, 2.24) is 9.97 Å². The first kappa shape index (κ1) is 13.3. The van der Waals surface area contributed by atoms with Crippen molar-refractivity contribution in [2.45, 2.75) is 19.8 Å². The van der Waals surface area contributed by atoms with Crippen molar-refractivity contribution < 1.29 is 9.50 Å². The van der Waals surface area contributed by atoms with Gasteiger partial charge in [0.15, 0.2) is 5.82 Å². The molecular formula is C14H16FN3O. The third-order valence-corrected chi connectivity index (χ3v) is 2.73. The number of nitrogens with one attached hydrogen (secondary N) is 1. The van der Waals surface area contributed by atoms with Crippen molar-refractivity contribution in [3.8, 4) is 17.1 Å². The van der Waals surface area contributed by atoms with Crippen LogP contribution < -0.4 is 5.32 Å². The fraction of sp³-hybridized carbons (Fsp3) is 0.286. The van der Waals surface area contributed by atoms with E-state index in [4.69, 9.17) is 0 Å². The molecule has 0 unspecified atom stereocenters. The van der Waals surface area contributed by atoms with Crippen molar-refractivity contribution in [3.05, 3.63) is 35.8 Å². The number of nitrogens with zero attached hydrogens (tertiary/aromatic N) is 2. The topological polar surface area (TPSA) is 58.0 Å². The van der Waals surface area contributed by atoms with Crippen LogP contribution in [0.25, 0.3) is 11.4 Å². The summed E-state index contributed by atoms with van der Waals surface area (Å²) in [5, 5.41) is 12.4. The Morgan fingerprint density at radius 2 is 1.89 bits per heavy atom. The van der Waals surface area contributed by atoms with Gasteiger partial charge in [0, 0.05) is 30.4 Å². The SMILES string of the molecule is CNc1cc(C(C)C)nc(-c2cc(O)cc(F)c2)n1. The maximum Gasteiger partial charge on any atom is 0.162 e. The molecule has 0 radical (unpaired) electrons. The Morgan fingerprint density at radius 3 is 2.47 bits per heavy atom. The zero-order valence-corrected chi connectivity index (χ0v) is 11.1. The molecule has 2 aromatic rings. The normalized spacial score (nSPS) is 10.8. The van der Waals surface area contributed by atoms with Gasteiger partial charge >= 0.3 is 0 Å². The second kappa shape index (κ2) is 5.22. The van der Waals surface area contributed by atoms with Crippen LogP contribution in [-0.4, -0.2) is 22.1 Å². The van der Waals surface area contributed by atoms with E-state index in [9.17, 15) is 9.50 Å². The van der Waals surface area contributed by atoms with E-state index in [1.165, 1.54) is 12.1 Å². The Labute approximate surface area is 111 Å². The van der Waals surface area contributed by atoms with Gasteiger partial charge in [-0.15, -0.1) is 0 Å². The summed E-state index contributed by atoms with van der Waals surface area (Å²) < 4.78 is 13.3. The van der Waals surface area contributed by atoms with Crippen molar-refractivity contribution in [2.75, 3.05) is 12.4 Å². The average molecular weight is 261 g/mol. The summed E-state index contributed by atoms with van der Waals surface area (Å²) in [7, 11) is 1.76. The summed E-state index contributed by atoms with van der Waals surface area (Å²) in [4.78, 5) is 8.69. The maximum absolute atomic E-state index is 13.3. The molecule has 0 bridgehead atoms. The van der Waals surface area contributed by atoms with Gasteiger partial charge in [-0.05, 0) is 18.1 Å². The van der Waals surface area contributed by atoms with Crippen molar-refractivity contribution in [3.63, 3.8) is 0 Å². The summed E-state index contributed by atoms with van der Waals surface area (Å²) in [6.07, 6.45) is 0. The molecule has 0 aliphatic rings. The molecule has 0 amide bonds. The van der Waals surface area contributed by atoms with Crippen LogP contribution in [0.3, 0.4) is 0 Å². The molecule has 1 aromatic heterocycles. The minimum absolute atomic E-state index is 0.139. The van der Waals surface area contributed by atoms with Crippen molar-refractivity contribution >= 4 is 5.82 Å². The molecule has 1 aromatic carbocycles. The highest BCUT2D eigenvalue weighted by Crippen LogP contribution is 2.25. The van der Waals surface area contributed by atoms with Gasteiger partial charge in [0.1, 0.15) is 17.4 Å². The molecule has 100 valence electrons. The molecule has 2 rings (SSSR count). The van der Waals surface area contributed by atoms with Gasteiger partial charge in [0.05, 0.1) is 0 Å². The lowest BCUT2D eigenvalue weighted by atomic mass is 10.1. The van der Waals surface area contributed by atoms with E-state index in [0.717, 1.165) is 11.8 Å². The molecular weight excluding hydrogens is 245 g/mol. The first-order valence-corrected chi connectivity index (χ1v) is 6.06. The van der Waals surface area contributed by atoms with Gasteiger partial charge in [0.2, 0.25) is 0 Å². The van der Waals surface area contributed by atoms with Gasteiger partial charge in [-0.2, -0.15) is 0 Å². The van der Waals surface area contributed by atoms with Crippen LogP contribution in [0, 0.1) is 5.82 Å². The lowest BCUT2D eigenvalue weighted by Gasteiger charge is -2.10. The second-order valence-electron chi connectivity index (χ2n) is 4.60. The molecule has 0 spiro atoms. The van der Waals surface area contributed by atoms with E-state index >= 15 is 0 Å². The van der Waals surface area contributed by atoms with Crippen LogP contribution >= 0.6 is 0 Å². The maximum atomic E-state index is 13.3. The average Bonchev–Trinajstić information content (AvgIpc) is 2.37. The summed E-state index contributed by atoms with van der Waals surface area (Å²) in [6, 6.07) is 5.66. The first-order chi connectivity index (χ1) is 8.99. The summed E-state index contributed by atoms with van der Waals surface area (Å²) in [6.45, 7) is 4.04. The Bertz CT molecular complexity index is 579. The molecule has 0 atom stereocenters.